The summed E-state index contributed by atoms with van der Waals surface area (Å²) in [7, 11) is -3.60. The van der Waals surface area contributed by atoms with E-state index in [1.54, 1.807) is 39.4 Å². The van der Waals surface area contributed by atoms with Gasteiger partial charge in [-0.15, -0.1) is 0 Å². The van der Waals surface area contributed by atoms with Crippen LogP contribution in [0.5, 0.6) is 0 Å². The number of sulfonamides is 1. The van der Waals surface area contributed by atoms with Gasteiger partial charge in [0, 0.05) is 49.6 Å². The quantitative estimate of drug-likeness (QED) is 0.322. The molecule has 10 heteroatoms. The fraction of sp³-hybridized carbons (Fsp3) is 0.207. The summed E-state index contributed by atoms with van der Waals surface area (Å²) in [6.45, 7) is 4.05. The molecular weight excluding hydrogens is 510 g/mol. The van der Waals surface area contributed by atoms with Crippen molar-refractivity contribution in [3.63, 3.8) is 0 Å². The predicted molar refractivity (Wildman–Crippen MR) is 152 cm³/mol. The highest BCUT2D eigenvalue weighted by molar-refractivity contribution is 7.89. The second kappa shape index (κ2) is 10.6. The number of nitrogens with zero attached hydrogens (tertiary/aromatic N) is 6. The van der Waals surface area contributed by atoms with E-state index in [4.69, 9.17) is 9.97 Å². The first-order chi connectivity index (χ1) is 19.0. The Kier molecular flexibility index (Phi) is 6.82. The molecular formula is C29H29N7O2S. The minimum absolute atomic E-state index is 0.0795. The van der Waals surface area contributed by atoms with Crippen molar-refractivity contribution in [2.45, 2.75) is 17.9 Å². The summed E-state index contributed by atoms with van der Waals surface area (Å²) in [6.07, 6.45) is 3.51. The molecule has 1 fully saturated rings. The monoisotopic (exact) mass is 539 g/mol. The van der Waals surface area contributed by atoms with Gasteiger partial charge in [-0.25, -0.2) is 23.1 Å². The lowest BCUT2D eigenvalue weighted by Crippen LogP contribution is -2.49. The van der Waals surface area contributed by atoms with Crippen LogP contribution in [0.2, 0.25) is 0 Å². The van der Waals surface area contributed by atoms with E-state index < -0.39 is 10.0 Å². The number of anilines is 2. The van der Waals surface area contributed by atoms with Crippen LogP contribution in [0.1, 0.15) is 18.8 Å². The van der Waals surface area contributed by atoms with Crippen molar-refractivity contribution in [3.8, 4) is 5.69 Å². The summed E-state index contributed by atoms with van der Waals surface area (Å²) in [5.41, 5.74) is 2.64. The van der Waals surface area contributed by atoms with Crippen LogP contribution in [-0.2, 0) is 10.0 Å². The SMILES string of the molecule is CC(c1nc(Nc2ccccc2)c2ccccc2n1)N1CCN(S(=O)(=O)c2ccc(-n3cccn3)cc2)CC1. The van der Waals surface area contributed by atoms with Crippen molar-refractivity contribution in [3.05, 3.63) is 103 Å². The lowest BCUT2D eigenvalue weighted by Gasteiger charge is -2.36. The van der Waals surface area contributed by atoms with Crippen LogP contribution in [-0.4, -0.2) is 63.6 Å². The largest absolute Gasteiger partial charge is 0.340 e. The van der Waals surface area contributed by atoms with Crippen LogP contribution in [0.25, 0.3) is 16.6 Å². The number of para-hydroxylation sites is 2. The molecule has 1 aliphatic rings. The molecule has 1 unspecified atom stereocenters. The molecule has 0 spiro atoms. The average Bonchev–Trinajstić information content (AvgIpc) is 3.53. The second-order valence-electron chi connectivity index (χ2n) is 9.50. The van der Waals surface area contributed by atoms with Crippen LogP contribution < -0.4 is 5.32 Å². The lowest BCUT2D eigenvalue weighted by molar-refractivity contribution is 0.141. The van der Waals surface area contributed by atoms with Gasteiger partial charge in [0.05, 0.1) is 22.1 Å². The Balaban J connectivity index is 1.18. The van der Waals surface area contributed by atoms with E-state index in [0.29, 0.717) is 32.0 Å². The fourth-order valence-corrected chi connectivity index (χ4v) is 6.29. The van der Waals surface area contributed by atoms with Crippen molar-refractivity contribution in [1.82, 2.24) is 29.0 Å². The number of piperazine rings is 1. The van der Waals surface area contributed by atoms with Crippen LogP contribution in [0.3, 0.4) is 0 Å². The Morgan fingerprint density at radius 1 is 0.821 bits per heavy atom. The van der Waals surface area contributed by atoms with Crippen molar-refractivity contribution < 1.29 is 8.42 Å². The van der Waals surface area contributed by atoms with E-state index in [-0.39, 0.29) is 10.9 Å². The van der Waals surface area contributed by atoms with E-state index >= 15 is 0 Å². The number of nitrogens with one attached hydrogen (secondary N) is 1. The third kappa shape index (κ3) is 5.14. The maximum Gasteiger partial charge on any atom is 0.243 e. The third-order valence-corrected chi connectivity index (χ3v) is 9.01. The van der Waals surface area contributed by atoms with Gasteiger partial charge in [-0.05, 0) is 61.5 Å². The van der Waals surface area contributed by atoms with Crippen molar-refractivity contribution in [2.24, 2.45) is 0 Å². The summed E-state index contributed by atoms with van der Waals surface area (Å²) in [4.78, 5) is 12.3. The molecule has 5 aromatic rings. The number of benzene rings is 3. The van der Waals surface area contributed by atoms with E-state index in [1.807, 2.05) is 66.9 Å². The van der Waals surface area contributed by atoms with Crippen LogP contribution >= 0.6 is 0 Å². The second-order valence-corrected chi connectivity index (χ2v) is 11.4. The summed E-state index contributed by atoms with van der Waals surface area (Å²) in [6, 6.07) is 26.5. The zero-order valence-electron chi connectivity index (χ0n) is 21.6. The molecule has 39 heavy (non-hydrogen) atoms. The smallest absolute Gasteiger partial charge is 0.243 e. The van der Waals surface area contributed by atoms with Crippen LogP contribution in [0.4, 0.5) is 11.5 Å². The van der Waals surface area contributed by atoms with E-state index in [9.17, 15) is 8.42 Å². The first-order valence-corrected chi connectivity index (χ1v) is 14.4. The molecule has 6 rings (SSSR count). The Morgan fingerprint density at radius 2 is 1.54 bits per heavy atom. The maximum atomic E-state index is 13.3. The van der Waals surface area contributed by atoms with Gasteiger partial charge in [0.2, 0.25) is 10.0 Å². The Labute approximate surface area is 227 Å². The molecule has 1 N–H and O–H groups in total. The normalized spacial score (nSPS) is 15.8. The Hall–Kier alpha value is -4.12. The van der Waals surface area contributed by atoms with E-state index in [2.05, 4.69) is 22.2 Å². The summed E-state index contributed by atoms with van der Waals surface area (Å²) in [5, 5.41) is 8.59. The highest BCUT2D eigenvalue weighted by Crippen LogP contribution is 2.28. The molecule has 1 aliphatic heterocycles. The third-order valence-electron chi connectivity index (χ3n) is 7.10. The van der Waals surface area contributed by atoms with Gasteiger partial charge in [-0.1, -0.05) is 30.3 Å². The average molecular weight is 540 g/mol. The van der Waals surface area contributed by atoms with Gasteiger partial charge in [0.15, 0.2) is 0 Å². The number of fused-ring (bicyclic) bond motifs is 1. The van der Waals surface area contributed by atoms with Gasteiger partial charge >= 0.3 is 0 Å². The van der Waals surface area contributed by atoms with Crippen molar-refractivity contribution in [2.75, 3.05) is 31.5 Å². The number of rotatable bonds is 7. The highest BCUT2D eigenvalue weighted by atomic mass is 32.2. The van der Waals surface area contributed by atoms with Gasteiger partial charge < -0.3 is 5.32 Å². The van der Waals surface area contributed by atoms with E-state index in [0.717, 1.165) is 28.1 Å². The maximum absolute atomic E-state index is 13.3. The first kappa shape index (κ1) is 25.2. The molecule has 198 valence electrons. The highest BCUT2D eigenvalue weighted by Gasteiger charge is 2.31. The number of aromatic nitrogens is 4. The first-order valence-electron chi connectivity index (χ1n) is 12.9. The molecule has 3 heterocycles. The number of hydrogen-bond acceptors (Lipinski definition) is 7. The fourth-order valence-electron chi connectivity index (χ4n) is 4.87. The molecule has 0 saturated carbocycles. The Morgan fingerprint density at radius 3 is 2.26 bits per heavy atom. The topological polar surface area (TPSA) is 96.3 Å². The molecule has 2 aromatic heterocycles. The molecule has 0 amide bonds. The zero-order chi connectivity index (χ0) is 26.8. The summed E-state index contributed by atoms with van der Waals surface area (Å²) >= 11 is 0. The predicted octanol–water partition coefficient (Wildman–Crippen LogP) is 4.63. The summed E-state index contributed by atoms with van der Waals surface area (Å²) < 4.78 is 30.0. The minimum Gasteiger partial charge on any atom is -0.340 e. The van der Waals surface area contributed by atoms with Crippen molar-refractivity contribution in [1.29, 1.82) is 0 Å². The lowest BCUT2D eigenvalue weighted by atomic mass is 10.2. The standard InChI is InChI=1S/C29H29N7O2S/c1-22(28-32-27-11-6-5-10-26(27)29(33-28)31-23-8-3-2-4-9-23)34-18-20-35(21-19-34)39(37,38)25-14-12-24(13-15-25)36-17-7-16-30-36/h2-17,22H,18-21H2,1H3,(H,31,32,33). The molecule has 3 aromatic carbocycles. The molecule has 1 saturated heterocycles. The van der Waals surface area contributed by atoms with Crippen LogP contribution in [0.15, 0.2) is 102 Å². The number of hydrogen-bond donors (Lipinski definition) is 1. The van der Waals surface area contributed by atoms with E-state index in [1.165, 1.54) is 0 Å². The Bertz CT molecular complexity index is 1670. The van der Waals surface area contributed by atoms with Gasteiger partial charge in [0.1, 0.15) is 11.6 Å². The molecule has 1 atom stereocenters. The minimum atomic E-state index is -3.60. The summed E-state index contributed by atoms with van der Waals surface area (Å²) in [5.74, 6) is 1.46. The molecule has 0 radical (unpaired) electrons. The van der Waals surface area contributed by atoms with Gasteiger partial charge in [-0.2, -0.15) is 9.40 Å². The van der Waals surface area contributed by atoms with Crippen molar-refractivity contribution >= 4 is 32.4 Å². The van der Waals surface area contributed by atoms with Crippen LogP contribution in [0, 0.1) is 0 Å². The molecule has 0 aliphatic carbocycles. The molecule has 0 bridgehead atoms. The van der Waals surface area contributed by atoms with Gasteiger partial charge in [-0.3, -0.25) is 4.90 Å². The van der Waals surface area contributed by atoms with Gasteiger partial charge in [0.25, 0.3) is 0 Å². The molecule has 9 nitrogen and oxygen atoms in total. The zero-order valence-corrected chi connectivity index (χ0v) is 22.4.